The highest BCUT2D eigenvalue weighted by atomic mass is 35.5. The Morgan fingerprint density at radius 1 is 1.18 bits per heavy atom. The summed E-state index contributed by atoms with van der Waals surface area (Å²) in [5, 5.41) is 4.84. The van der Waals surface area contributed by atoms with Gasteiger partial charge in [0.05, 0.1) is 28.8 Å². The summed E-state index contributed by atoms with van der Waals surface area (Å²) in [7, 11) is -3.63. The summed E-state index contributed by atoms with van der Waals surface area (Å²) in [6.45, 7) is 7.49. The van der Waals surface area contributed by atoms with E-state index < -0.39 is 10.0 Å². The molecule has 154 valence electrons. The average molecular weight is 428 g/mol. The van der Waals surface area contributed by atoms with E-state index in [-0.39, 0.29) is 23.1 Å². The summed E-state index contributed by atoms with van der Waals surface area (Å²) in [5.74, 6) is 0. The summed E-state index contributed by atoms with van der Waals surface area (Å²) in [4.78, 5) is 8.37. The zero-order valence-electron chi connectivity index (χ0n) is 16.5. The standard InChI is InChI=1S/C18H26ClN5O3S/c1-11(2)24-13(4)17(12(3)22-24)28(25,26)23-15-5-7-16(8-6-15)27-18-20-9-14(19)10-21-18/h9-11,15-16,23H,5-8H2,1-4H3. The molecule has 3 rings (SSSR count). The summed E-state index contributed by atoms with van der Waals surface area (Å²) >= 11 is 5.77. The highest BCUT2D eigenvalue weighted by molar-refractivity contribution is 7.89. The van der Waals surface area contributed by atoms with E-state index in [1.165, 1.54) is 12.4 Å². The van der Waals surface area contributed by atoms with Crippen LogP contribution in [0.15, 0.2) is 17.3 Å². The number of hydrogen-bond donors (Lipinski definition) is 1. The van der Waals surface area contributed by atoms with Crippen LogP contribution in [-0.2, 0) is 10.0 Å². The number of aryl methyl sites for hydroxylation is 1. The number of nitrogens with zero attached hydrogens (tertiary/aromatic N) is 4. The van der Waals surface area contributed by atoms with E-state index in [2.05, 4.69) is 19.8 Å². The summed E-state index contributed by atoms with van der Waals surface area (Å²) < 4.78 is 36.3. The number of hydrogen-bond acceptors (Lipinski definition) is 6. The third-order valence-electron chi connectivity index (χ3n) is 4.88. The van der Waals surface area contributed by atoms with Gasteiger partial charge >= 0.3 is 6.01 Å². The number of rotatable bonds is 6. The molecule has 1 aliphatic rings. The van der Waals surface area contributed by atoms with Gasteiger partial charge in [-0.15, -0.1) is 0 Å². The maximum atomic E-state index is 13.0. The van der Waals surface area contributed by atoms with Gasteiger partial charge in [-0.25, -0.2) is 23.1 Å². The first-order valence-electron chi connectivity index (χ1n) is 9.39. The van der Waals surface area contributed by atoms with Crippen molar-refractivity contribution in [3.63, 3.8) is 0 Å². The molecule has 1 saturated carbocycles. The Hall–Kier alpha value is -1.71. The van der Waals surface area contributed by atoms with Gasteiger partial charge < -0.3 is 4.74 Å². The number of aromatic nitrogens is 4. The van der Waals surface area contributed by atoms with Crippen molar-refractivity contribution >= 4 is 21.6 Å². The predicted octanol–water partition coefficient (Wildman–Crippen LogP) is 3.19. The van der Waals surface area contributed by atoms with Gasteiger partial charge in [-0.2, -0.15) is 5.10 Å². The Labute approximate surface area is 170 Å². The van der Waals surface area contributed by atoms with E-state index >= 15 is 0 Å². The zero-order chi connectivity index (χ0) is 20.5. The molecule has 0 radical (unpaired) electrons. The van der Waals surface area contributed by atoms with Crippen molar-refractivity contribution in [3.8, 4) is 6.01 Å². The van der Waals surface area contributed by atoms with Gasteiger partial charge in [0, 0.05) is 12.1 Å². The molecule has 1 aliphatic carbocycles. The van der Waals surface area contributed by atoms with Crippen LogP contribution in [0.1, 0.15) is 57.0 Å². The Balaban J connectivity index is 1.62. The van der Waals surface area contributed by atoms with Crippen LogP contribution in [0.25, 0.3) is 0 Å². The van der Waals surface area contributed by atoms with Crippen molar-refractivity contribution < 1.29 is 13.2 Å². The highest BCUT2D eigenvalue weighted by Gasteiger charge is 2.30. The third-order valence-corrected chi connectivity index (χ3v) is 6.85. The molecule has 0 atom stereocenters. The monoisotopic (exact) mass is 427 g/mol. The lowest BCUT2D eigenvalue weighted by molar-refractivity contribution is 0.132. The number of nitrogens with one attached hydrogen (secondary N) is 1. The normalized spacial score (nSPS) is 20.5. The molecule has 2 heterocycles. The second-order valence-corrected chi connectivity index (χ2v) is 9.52. The number of halogens is 1. The van der Waals surface area contributed by atoms with E-state index in [1.54, 1.807) is 18.5 Å². The Morgan fingerprint density at radius 3 is 2.32 bits per heavy atom. The fourth-order valence-electron chi connectivity index (χ4n) is 3.63. The van der Waals surface area contributed by atoms with E-state index in [1.807, 2.05) is 13.8 Å². The molecule has 0 spiro atoms. The molecule has 0 aliphatic heterocycles. The SMILES string of the molecule is Cc1nn(C(C)C)c(C)c1S(=O)(=O)NC1CCC(Oc2ncc(Cl)cn2)CC1. The molecular formula is C18H26ClN5O3S. The predicted molar refractivity (Wildman–Crippen MR) is 106 cm³/mol. The Kier molecular flexibility index (Phi) is 6.26. The minimum absolute atomic E-state index is 0.0332. The van der Waals surface area contributed by atoms with E-state index in [0.29, 0.717) is 35.3 Å². The minimum atomic E-state index is -3.63. The molecule has 0 unspecified atom stereocenters. The molecule has 8 nitrogen and oxygen atoms in total. The zero-order valence-corrected chi connectivity index (χ0v) is 18.1. The van der Waals surface area contributed by atoms with Gasteiger partial charge in [-0.3, -0.25) is 4.68 Å². The lowest BCUT2D eigenvalue weighted by atomic mass is 9.94. The van der Waals surface area contributed by atoms with Gasteiger partial charge in [0.15, 0.2) is 0 Å². The molecule has 1 fully saturated rings. The summed E-state index contributed by atoms with van der Waals surface area (Å²) in [6, 6.07) is 0.267. The fourth-order valence-corrected chi connectivity index (χ4v) is 5.43. The molecule has 10 heteroatoms. The summed E-state index contributed by atoms with van der Waals surface area (Å²) in [6.07, 6.45) is 5.78. The largest absolute Gasteiger partial charge is 0.460 e. The molecule has 2 aromatic heterocycles. The molecule has 1 N–H and O–H groups in total. The first-order chi connectivity index (χ1) is 13.2. The maximum absolute atomic E-state index is 13.0. The highest BCUT2D eigenvalue weighted by Crippen LogP contribution is 2.26. The molecule has 2 aromatic rings. The number of sulfonamides is 1. The minimum Gasteiger partial charge on any atom is -0.460 e. The van der Waals surface area contributed by atoms with Crippen LogP contribution in [0, 0.1) is 13.8 Å². The van der Waals surface area contributed by atoms with Gasteiger partial charge in [0.1, 0.15) is 11.0 Å². The van der Waals surface area contributed by atoms with Crippen LogP contribution in [-0.4, -0.2) is 40.3 Å². The molecule has 28 heavy (non-hydrogen) atoms. The Bertz CT molecular complexity index is 919. The van der Waals surface area contributed by atoms with E-state index in [0.717, 1.165) is 12.8 Å². The van der Waals surface area contributed by atoms with Crippen molar-refractivity contribution in [1.82, 2.24) is 24.5 Å². The number of ether oxygens (including phenoxy) is 1. The first kappa shape index (κ1) is 21.0. The molecular weight excluding hydrogens is 402 g/mol. The van der Waals surface area contributed by atoms with Crippen LogP contribution < -0.4 is 9.46 Å². The van der Waals surface area contributed by atoms with Crippen molar-refractivity contribution in [3.05, 3.63) is 28.8 Å². The second-order valence-electron chi connectivity index (χ2n) is 7.43. The van der Waals surface area contributed by atoms with Gasteiger partial charge in [0.2, 0.25) is 10.0 Å². The van der Waals surface area contributed by atoms with Crippen LogP contribution in [0.5, 0.6) is 6.01 Å². The van der Waals surface area contributed by atoms with Gasteiger partial charge in [-0.1, -0.05) is 11.6 Å². The lowest BCUT2D eigenvalue weighted by Crippen LogP contribution is -2.40. The smallest absolute Gasteiger partial charge is 0.316 e. The molecule has 0 aromatic carbocycles. The van der Waals surface area contributed by atoms with Crippen LogP contribution in [0.4, 0.5) is 0 Å². The Morgan fingerprint density at radius 2 is 1.79 bits per heavy atom. The quantitative estimate of drug-likeness (QED) is 0.759. The van der Waals surface area contributed by atoms with E-state index in [4.69, 9.17) is 16.3 Å². The van der Waals surface area contributed by atoms with Crippen LogP contribution in [0.3, 0.4) is 0 Å². The topological polar surface area (TPSA) is 99.0 Å². The first-order valence-corrected chi connectivity index (χ1v) is 11.3. The van der Waals surface area contributed by atoms with Gasteiger partial charge in [0.25, 0.3) is 0 Å². The third kappa shape index (κ3) is 4.64. The second kappa shape index (κ2) is 8.34. The lowest BCUT2D eigenvalue weighted by Gasteiger charge is -2.28. The van der Waals surface area contributed by atoms with Gasteiger partial charge in [-0.05, 0) is 53.4 Å². The maximum Gasteiger partial charge on any atom is 0.316 e. The van der Waals surface area contributed by atoms with Crippen molar-refractivity contribution in [2.75, 3.05) is 0 Å². The van der Waals surface area contributed by atoms with Crippen molar-refractivity contribution in [2.45, 2.75) is 76.5 Å². The van der Waals surface area contributed by atoms with Crippen molar-refractivity contribution in [2.24, 2.45) is 0 Å². The fraction of sp³-hybridized carbons (Fsp3) is 0.611. The molecule has 0 saturated heterocycles. The van der Waals surface area contributed by atoms with Crippen LogP contribution >= 0.6 is 11.6 Å². The molecule has 0 bridgehead atoms. The van der Waals surface area contributed by atoms with Crippen LogP contribution in [0.2, 0.25) is 5.02 Å². The van der Waals surface area contributed by atoms with Crippen molar-refractivity contribution in [1.29, 1.82) is 0 Å². The average Bonchev–Trinajstić information content (AvgIpc) is 2.94. The van der Waals surface area contributed by atoms with E-state index in [9.17, 15) is 8.42 Å². The molecule has 0 amide bonds. The summed E-state index contributed by atoms with van der Waals surface area (Å²) in [5.41, 5.74) is 1.19.